The number of alkyl halides is 3. The van der Waals surface area contributed by atoms with Crippen LogP contribution < -0.4 is 20.1 Å². The number of pyridine rings is 1. The lowest BCUT2D eigenvalue weighted by Gasteiger charge is -2.29. The van der Waals surface area contributed by atoms with Gasteiger partial charge in [-0.1, -0.05) is 0 Å². The summed E-state index contributed by atoms with van der Waals surface area (Å²) < 4.78 is 91.4. The number of aromatic nitrogens is 3. The van der Waals surface area contributed by atoms with E-state index >= 15 is 0 Å². The Morgan fingerprint density at radius 2 is 1.89 bits per heavy atom. The van der Waals surface area contributed by atoms with Gasteiger partial charge in [-0.05, 0) is 23.8 Å². The zero-order valence-corrected chi connectivity index (χ0v) is 19.1. The predicted molar refractivity (Wildman–Crippen MR) is 118 cm³/mol. The Morgan fingerprint density at radius 1 is 1.14 bits per heavy atom. The van der Waals surface area contributed by atoms with Gasteiger partial charge >= 0.3 is 11.9 Å². The minimum atomic E-state index is -4.75. The third kappa shape index (κ3) is 4.76. The maximum atomic E-state index is 14.6. The number of ether oxygens (including phenoxy) is 2. The molecule has 3 aromatic rings. The zero-order valence-electron chi connectivity index (χ0n) is 18.3. The molecule has 36 heavy (non-hydrogen) atoms. The summed E-state index contributed by atoms with van der Waals surface area (Å²) in [7, 11) is -0.948. The van der Waals surface area contributed by atoms with Crippen molar-refractivity contribution in [2.75, 3.05) is 23.0 Å². The third-order valence-electron chi connectivity index (χ3n) is 5.72. The number of nitrogens with zero attached hydrogens (tertiary/aromatic N) is 4. The Labute approximate surface area is 202 Å². The summed E-state index contributed by atoms with van der Waals surface area (Å²) in [5.74, 6) is -2.20. The van der Waals surface area contributed by atoms with E-state index in [9.17, 15) is 31.0 Å². The molecule has 1 aromatic carbocycles. The predicted octanol–water partition coefficient (Wildman–Crippen LogP) is 3.26. The molecule has 0 saturated carbocycles. The molecule has 2 aliphatic heterocycles. The topological polar surface area (TPSA) is 86.5 Å². The highest BCUT2D eigenvalue weighted by Gasteiger charge is 2.35. The van der Waals surface area contributed by atoms with Gasteiger partial charge in [0.15, 0.2) is 17.4 Å². The molecule has 2 aromatic heterocycles. The van der Waals surface area contributed by atoms with E-state index in [1.54, 1.807) is 6.07 Å². The van der Waals surface area contributed by atoms with Crippen LogP contribution in [0.15, 0.2) is 41.3 Å². The molecular formula is C22H17F5N4O4S. The molecule has 1 saturated heterocycles. The first-order valence-corrected chi connectivity index (χ1v) is 12.1. The van der Waals surface area contributed by atoms with E-state index in [1.807, 2.05) is 4.90 Å². The molecular weight excluding hydrogens is 511 g/mol. The summed E-state index contributed by atoms with van der Waals surface area (Å²) in [6.07, 6.45) is -3.94. The van der Waals surface area contributed by atoms with Crippen LogP contribution in [-0.2, 0) is 30.1 Å². The highest BCUT2D eigenvalue weighted by atomic mass is 32.2. The van der Waals surface area contributed by atoms with E-state index in [4.69, 9.17) is 9.47 Å². The molecule has 1 fully saturated rings. The second kappa shape index (κ2) is 9.15. The summed E-state index contributed by atoms with van der Waals surface area (Å²) in [4.78, 5) is 21.4. The van der Waals surface area contributed by atoms with Crippen molar-refractivity contribution in [1.82, 2.24) is 14.5 Å². The van der Waals surface area contributed by atoms with Crippen molar-refractivity contribution in [2.24, 2.45) is 0 Å². The maximum absolute atomic E-state index is 14.6. The first-order valence-electron chi connectivity index (χ1n) is 10.6. The van der Waals surface area contributed by atoms with E-state index in [2.05, 4.69) is 9.97 Å². The second-order valence-electron chi connectivity index (χ2n) is 8.16. The molecule has 14 heteroatoms. The standard InChI is InChI=1S/C22H17F5N4O4S/c23-15-5-12(6-16(24)20(15)35-14-1-2-28-17(7-14)22(25,26)27)10-34-18-8-19-30-3-4-36(33)11-13(30)9-31(19)21(32)29-18/h1-2,5-8,13H,3-4,9-11H2. The molecule has 0 bridgehead atoms. The minimum Gasteiger partial charge on any atom is -0.473 e. The molecule has 2 unspecified atom stereocenters. The summed E-state index contributed by atoms with van der Waals surface area (Å²) in [6, 6.07) is 4.84. The van der Waals surface area contributed by atoms with Crippen LogP contribution in [-0.4, -0.2) is 42.8 Å². The SMILES string of the molecule is O=c1nc(OCc2cc(F)c(Oc3ccnc(C(F)(F)F)c3)c(F)c2)cc2n1CC1CS(=O)CCN21. The summed E-state index contributed by atoms with van der Waals surface area (Å²) in [6.45, 7) is 0.540. The number of anilines is 1. The molecule has 190 valence electrons. The van der Waals surface area contributed by atoms with Crippen molar-refractivity contribution < 1.29 is 35.6 Å². The number of hydrogen-bond donors (Lipinski definition) is 0. The van der Waals surface area contributed by atoms with Gasteiger partial charge in [-0.25, -0.2) is 13.6 Å². The Balaban J connectivity index is 1.31. The molecule has 4 heterocycles. The van der Waals surface area contributed by atoms with Crippen LogP contribution >= 0.6 is 0 Å². The fourth-order valence-electron chi connectivity index (χ4n) is 4.09. The lowest BCUT2D eigenvalue weighted by atomic mass is 10.2. The van der Waals surface area contributed by atoms with Crippen LogP contribution in [0.25, 0.3) is 0 Å². The average Bonchev–Trinajstić information content (AvgIpc) is 3.18. The summed E-state index contributed by atoms with van der Waals surface area (Å²) in [5, 5.41) is 0. The molecule has 2 atom stereocenters. The molecule has 0 radical (unpaired) electrons. The van der Waals surface area contributed by atoms with E-state index in [-0.39, 0.29) is 24.1 Å². The first kappa shape index (κ1) is 24.2. The van der Waals surface area contributed by atoms with Gasteiger partial charge < -0.3 is 14.4 Å². The van der Waals surface area contributed by atoms with Gasteiger partial charge in [0.2, 0.25) is 5.88 Å². The fourth-order valence-corrected chi connectivity index (χ4v) is 5.37. The second-order valence-corrected chi connectivity index (χ2v) is 9.78. The zero-order chi connectivity index (χ0) is 25.6. The number of benzene rings is 1. The quantitative estimate of drug-likeness (QED) is 0.470. The van der Waals surface area contributed by atoms with E-state index in [0.717, 1.165) is 24.4 Å². The van der Waals surface area contributed by atoms with Crippen molar-refractivity contribution in [3.05, 3.63) is 69.9 Å². The largest absolute Gasteiger partial charge is 0.473 e. The van der Waals surface area contributed by atoms with Crippen molar-refractivity contribution in [1.29, 1.82) is 0 Å². The smallest absolute Gasteiger partial charge is 0.433 e. The van der Waals surface area contributed by atoms with Crippen LogP contribution in [0.5, 0.6) is 17.4 Å². The molecule has 8 nitrogen and oxygen atoms in total. The van der Waals surface area contributed by atoms with Crippen LogP contribution in [0.2, 0.25) is 0 Å². The molecule has 5 rings (SSSR count). The molecule has 0 spiro atoms. The third-order valence-corrected chi connectivity index (χ3v) is 7.11. The monoisotopic (exact) mass is 528 g/mol. The van der Waals surface area contributed by atoms with Gasteiger partial charge in [-0.2, -0.15) is 18.2 Å². The van der Waals surface area contributed by atoms with Crippen molar-refractivity contribution in [3.63, 3.8) is 0 Å². The van der Waals surface area contributed by atoms with E-state index in [0.29, 0.717) is 36.5 Å². The van der Waals surface area contributed by atoms with Crippen LogP contribution in [0.4, 0.5) is 27.8 Å². The van der Waals surface area contributed by atoms with Gasteiger partial charge in [0.05, 0.1) is 12.6 Å². The van der Waals surface area contributed by atoms with Crippen LogP contribution in [0.3, 0.4) is 0 Å². The molecule has 0 amide bonds. The minimum absolute atomic E-state index is 0.0386. The summed E-state index contributed by atoms with van der Waals surface area (Å²) in [5.41, 5.74) is -1.79. The Kier molecular flexibility index (Phi) is 6.14. The Hall–Kier alpha value is -3.55. The van der Waals surface area contributed by atoms with E-state index < -0.39 is 51.5 Å². The molecule has 2 aliphatic rings. The van der Waals surface area contributed by atoms with Crippen molar-refractivity contribution >= 4 is 16.6 Å². The van der Waals surface area contributed by atoms with Crippen LogP contribution in [0.1, 0.15) is 11.3 Å². The normalized spacial score (nSPS) is 19.1. The van der Waals surface area contributed by atoms with Crippen molar-refractivity contribution in [2.45, 2.75) is 25.4 Å². The Morgan fingerprint density at radius 3 is 2.61 bits per heavy atom. The average molecular weight is 528 g/mol. The molecule has 0 aliphatic carbocycles. The Bertz CT molecular complexity index is 1390. The number of fused-ring (bicyclic) bond motifs is 3. The summed E-state index contributed by atoms with van der Waals surface area (Å²) >= 11 is 0. The molecule has 0 N–H and O–H groups in total. The number of halogens is 5. The maximum Gasteiger partial charge on any atom is 0.433 e. The van der Waals surface area contributed by atoms with Gasteiger partial charge in [0.1, 0.15) is 23.9 Å². The highest BCUT2D eigenvalue weighted by molar-refractivity contribution is 7.85. The van der Waals surface area contributed by atoms with Crippen LogP contribution in [0, 0.1) is 11.6 Å². The fraction of sp³-hybridized carbons (Fsp3) is 0.318. The van der Waals surface area contributed by atoms with Crippen molar-refractivity contribution in [3.8, 4) is 17.4 Å². The van der Waals surface area contributed by atoms with Gasteiger partial charge in [-0.3, -0.25) is 13.8 Å². The first-order chi connectivity index (χ1) is 17.1. The lowest BCUT2D eigenvalue weighted by Crippen LogP contribution is -2.44. The highest BCUT2D eigenvalue weighted by Crippen LogP contribution is 2.34. The van der Waals surface area contributed by atoms with Gasteiger partial charge in [-0.15, -0.1) is 0 Å². The lowest BCUT2D eigenvalue weighted by molar-refractivity contribution is -0.141. The number of hydrogen-bond acceptors (Lipinski definition) is 7. The number of rotatable bonds is 5. The van der Waals surface area contributed by atoms with Gasteiger partial charge in [0, 0.05) is 47.2 Å². The van der Waals surface area contributed by atoms with Gasteiger partial charge in [0.25, 0.3) is 0 Å². The van der Waals surface area contributed by atoms with E-state index in [1.165, 1.54) is 4.57 Å².